The lowest BCUT2D eigenvalue weighted by atomic mass is 9.61. The Labute approximate surface area is 211 Å². The number of fused-ring (bicyclic) bond motifs is 11. The zero-order chi connectivity index (χ0) is 24.0. The minimum atomic E-state index is -0.320. The van der Waals surface area contributed by atoms with Gasteiger partial charge in [-0.15, -0.1) is 0 Å². The fourth-order valence-electron chi connectivity index (χ4n) is 7.03. The van der Waals surface area contributed by atoms with Crippen LogP contribution in [0.4, 0.5) is 0 Å². The molecule has 1 spiro atoms. The Bertz CT molecular complexity index is 1890. The Kier molecular flexibility index (Phi) is 3.88. The standard InChI is InChI=1S/C36H26/c1-22-11-13-28-18-29-17-24-7-3-5-9-26(24)20-33(29)36(32(28)15-22)34-16-23(2)12-14-30(34)31-19-25-8-4-6-10-27(25)21-35(31)36/h3-17,19-21H,18H2,1-2H3. The molecule has 0 saturated heterocycles. The lowest BCUT2D eigenvalue weighted by molar-refractivity contribution is 0.723. The summed E-state index contributed by atoms with van der Waals surface area (Å²) >= 11 is 0. The van der Waals surface area contributed by atoms with Gasteiger partial charge in [-0.1, -0.05) is 102 Å². The minimum absolute atomic E-state index is 0.320. The maximum absolute atomic E-state index is 2.49. The summed E-state index contributed by atoms with van der Waals surface area (Å²) in [6, 6.07) is 41.7. The van der Waals surface area contributed by atoms with Crippen LogP contribution in [0, 0.1) is 13.8 Å². The van der Waals surface area contributed by atoms with Crippen molar-refractivity contribution in [2.45, 2.75) is 25.7 Å². The highest BCUT2D eigenvalue weighted by Gasteiger charge is 2.50. The summed E-state index contributed by atoms with van der Waals surface area (Å²) in [6.07, 6.45) is 0.974. The molecular weight excluding hydrogens is 432 g/mol. The first kappa shape index (κ1) is 20.1. The van der Waals surface area contributed by atoms with Gasteiger partial charge in [-0.05, 0) is 105 Å². The van der Waals surface area contributed by atoms with E-state index in [4.69, 9.17) is 0 Å². The predicted molar refractivity (Wildman–Crippen MR) is 151 cm³/mol. The van der Waals surface area contributed by atoms with Crippen LogP contribution in [0.3, 0.4) is 0 Å². The zero-order valence-electron chi connectivity index (χ0n) is 20.6. The second-order valence-corrected chi connectivity index (χ2v) is 10.7. The summed E-state index contributed by atoms with van der Waals surface area (Å²) in [5.41, 5.74) is 13.7. The van der Waals surface area contributed by atoms with Crippen molar-refractivity contribution in [3.05, 3.63) is 154 Å². The largest absolute Gasteiger partial charge is 0.0719 e. The molecule has 0 heteroatoms. The molecule has 0 amide bonds. The zero-order valence-corrected chi connectivity index (χ0v) is 20.6. The number of hydrogen-bond acceptors (Lipinski definition) is 0. The second kappa shape index (κ2) is 6.95. The maximum atomic E-state index is 2.49. The van der Waals surface area contributed by atoms with Gasteiger partial charge in [-0.2, -0.15) is 0 Å². The van der Waals surface area contributed by atoms with Crippen LogP contribution in [-0.4, -0.2) is 0 Å². The number of aryl methyl sites for hydroxylation is 2. The van der Waals surface area contributed by atoms with Gasteiger partial charge in [0.2, 0.25) is 0 Å². The van der Waals surface area contributed by atoms with E-state index in [1.807, 2.05) is 0 Å². The Balaban J connectivity index is 1.62. The lowest BCUT2D eigenvalue weighted by Gasteiger charge is -2.41. The molecule has 0 bridgehead atoms. The van der Waals surface area contributed by atoms with Gasteiger partial charge in [-0.25, -0.2) is 0 Å². The van der Waals surface area contributed by atoms with Gasteiger partial charge in [0, 0.05) is 0 Å². The smallest absolute Gasteiger partial charge is 0.0616 e. The van der Waals surface area contributed by atoms with Crippen molar-refractivity contribution in [2.75, 3.05) is 0 Å². The molecule has 1 atom stereocenters. The van der Waals surface area contributed by atoms with Crippen LogP contribution in [0.5, 0.6) is 0 Å². The SMILES string of the molecule is Cc1ccc2c(c1)C1(c3cc4ccccc4cc3C2)c2cc(C)ccc2-c2cc3ccccc3cc21. The average Bonchev–Trinajstić information content (AvgIpc) is 3.16. The number of hydrogen-bond donors (Lipinski definition) is 0. The van der Waals surface area contributed by atoms with Crippen molar-refractivity contribution >= 4 is 21.5 Å². The summed E-state index contributed by atoms with van der Waals surface area (Å²) in [6.45, 7) is 4.46. The molecule has 2 aliphatic rings. The highest BCUT2D eigenvalue weighted by Crippen LogP contribution is 2.60. The van der Waals surface area contributed by atoms with Crippen molar-refractivity contribution in [3.63, 3.8) is 0 Å². The molecule has 0 nitrogen and oxygen atoms in total. The number of rotatable bonds is 0. The first-order valence-corrected chi connectivity index (χ1v) is 12.9. The fourth-order valence-corrected chi connectivity index (χ4v) is 7.03. The number of benzene rings is 6. The van der Waals surface area contributed by atoms with Gasteiger partial charge < -0.3 is 0 Å². The second-order valence-electron chi connectivity index (χ2n) is 10.7. The van der Waals surface area contributed by atoms with Gasteiger partial charge in [0.25, 0.3) is 0 Å². The van der Waals surface area contributed by atoms with E-state index in [0.29, 0.717) is 0 Å². The Morgan fingerprint density at radius 3 is 1.69 bits per heavy atom. The third-order valence-corrected chi connectivity index (χ3v) is 8.58. The van der Waals surface area contributed by atoms with E-state index in [0.717, 1.165) is 6.42 Å². The Morgan fingerprint density at radius 1 is 0.444 bits per heavy atom. The van der Waals surface area contributed by atoms with Crippen LogP contribution in [0.2, 0.25) is 0 Å². The molecule has 36 heavy (non-hydrogen) atoms. The summed E-state index contributed by atoms with van der Waals surface area (Å²) < 4.78 is 0. The molecular formula is C36H26. The normalized spacial score (nSPS) is 17.2. The Hall–Kier alpha value is -4.16. The predicted octanol–water partition coefficient (Wildman–Crippen LogP) is 8.88. The van der Waals surface area contributed by atoms with E-state index in [2.05, 4.69) is 123 Å². The van der Waals surface area contributed by atoms with E-state index < -0.39 is 0 Å². The van der Waals surface area contributed by atoms with Gasteiger partial charge in [0.1, 0.15) is 0 Å². The summed E-state index contributed by atoms with van der Waals surface area (Å²) in [5, 5.41) is 5.25. The molecule has 0 N–H and O–H groups in total. The first-order chi connectivity index (χ1) is 17.6. The quantitative estimate of drug-likeness (QED) is 0.213. The molecule has 8 rings (SSSR count). The maximum Gasteiger partial charge on any atom is 0.0719 e. The molecule has 2 aliphatic carbocycles. The Morgan fingerprint density at radius 2 is 0.972 bits per heavy atom. The van der Waals surface area contributed by atoms with E-state index >= 15 is 0 Å². The molecule has 0 aromatic heterocycles. The van der Waals surface area contributed by atoms with Crippen LogP contribution in [0.25, 0.3) is 32.7 Å². The highest BCUT2D eigenvalue weighted by molar-refractivity contribution is 5.97. The molecule has 0 saturated carbocycles. The topological polar surface area (TPSA) is 0 Å². The van der Waals surface area contributed by atoms with E-state index in [9.17, 15) is 0 Å². The summed E-state index contributed by atoms with van der Waals surface area (Å²) in [7, 11) is 0. The molecule has 1 unspecified atom stereocenters. The molecule has 0 heterocycles. The average molecular weight is 459 g/mol. The van der Waals surface area contributed by atoms with Crippen LogP contribution >= 0.6 is 0 Å². The van der Waals surface area contributed by atoms with E-state index in [-0.39, 0.29) is 5.41 Å². The fraction of sp³-hybridized carbons (Fsp3) is 0.111. The van der Waals surface area contributed by atoms with Gasteiger partial charge in [0.05, 0.1) is 5.41 Å². The highest BCUT2D eigenvalue weighted by atomic mass is 14.5. The molecule has 0 aliphatic heterocycles. The molecule has 6 aromatic carbocycles. The summed E-state index contributed by atoms with van der Waals surface area (Å²) in [4.78, 5) is 0. The van der Waals surface area contributed by atoms with Crippen molar-refractivity contribution < 1.29 is 0 Å². The molecule has 6 aromatic rings. The van der Waals surface area contributed by atoms with Crippen molar-refractivity contribution in [1.29, 1.82) is 0 Å². The van der Waals surface area contributed by atoms with E-state index in [1.165, 1.54) is 77.2 Å². The van der Waals surface area contributed by atoms with Gasteiger partial charge in [0.15, 0.2) is 0 Å². The van der Waals surface area contributed by atoms with Gasteiger partial charge in [-0.3, -0.25) is 0 Å². The van der Waals surface area contributed by atoms with E-state index in [1.54, 1.807) is 0 Å². The van der Waals surface area contributed by atoms with Gasteiger partial charge >= 0.3 is 0 Å². The van der Waals surface area contributed by atoms with Crippen LogP contribution in [-0.2, 0) is 11.8 Å². The van der Waals surface area contributed by atoms with Crippen molar-refractivity contribution in [2.24, 2.45) is 0 Å². The van der Waals surface area contributed by atoms with Crippen molar-refractivity contribution in [1.82, 2.24) is 0 Å². The molecule has 0 fully saturated rings. The molecule has 0 radical (unpaired) electrons. The molecule has 170 valence electrons. The first-order valence-electron chi connectivity index (χ1n) is 12.9. The third kappa shape index (κ3) is 2.49. The van der Waals surface area contributed by atoms with Crippen LogP contribution in [0.15, 0.2) is 109 Å². The third-order valence-electron chi connectivity index (χ3n) is 8.58. The van der Waals surface area contributed by atoms with Crippen LogP contribution < -0.4 is 0 Å². The lowest BCUT2D eigenvalue weighted by Crippen LogP contribution is -2.34. The monoisotopic (exact) mass is 458 g/mol. The van der Waals surface area contributed by atoms with Crippen molar-refractivity contribution in [3.8, 4) is 11.1 Å². The summed E-state index contributed by atoms with van der Waals surface area (Å²) in [5.74, 6) is 0. The van der Waals surface area contributed by atoms with Crippen LogP contribution in [0.1, 0.15) is 44.5 Å². The minimum Gasteiger partial charge on any atom is -0.0616 e.